The molecular formula is C27H30F4N6O5. The number of carbonyl (C=O) groups excluding carboxylic acids is 2. The molecule has 42 heavy (non-hydrogen) atoms. The highest BCUT2D eigenvalue weighted by atomic mass is 19.4. The van der Waals surface area contributed by atoms with Gasteiger partial charge in [0.25, 0.3) is 5.88 Å². The molecule has 1 atom stereocenters. The van der Waals surface area contributed by atoms with Crippen molar-refractivity contribution in [3.8, 4) is 11.8 Å². The second kappa shape index (κ2) is 11.2. The molecule has 0 radical (unpaired) electrons. The number of imide groups is 1. The summed E-state index contributed by atoms with van der Waals surface area (Å²) in [7, 11) is 0. The zero-order valence-corrected chi connectivity index (χ0v) is 23.8. The van der Waals surface area contributed by atoms with Crippen molar-refractivity contribution in [1.82, 2.24) is 24.7 Å². The van der Waals surface area contributed by atoms with Crippen molar-refractivity contribution in [2.45, 2.75) is 84.2 Å². The number of ether oxygens (including phenoxy) is 3. The van der Waals surface area contributed by atoms with Gasteiger partial charge in [0.2, 0.25) is 5.88 Å². The first-order valence-corrected chi connectivity index (χ1v) is 13.0. The second-order valence-corrected chi connectivity index (χ2v) is 11.5. The highest BCUT2D eigenvalue weighted by Gasteiger charge is 2.38. The fourth-order valence-corrected chi connectivity index (χ4v) is 4.05. The Kier molecular flexibility index (Phi) is 8.16. The summed E-state index contributed by atoms with van der Waals surface area (Å²) in [5, 5.41) is 4.13. The van der Waals surface area contributed by atoms with Gasteiger partial charge in [0.15, 0.2) is 11.5 Å². The molecule has 3 aromatic rings. The van der Waals surface area contributed by atoms with Crippen molar-refractivity contribution >= 4 is 29.0 Å². The van der Waals surface area contributed by atoms with Crippen molar-refractivity contribution in [1.29, 1.82) is 0 Å². The van der Waals surface area contributed by atoms with Crippen LogP contribution in [0.3, 0.4) is 0 Å². The Bertz CT molecular complexity index is 1500. The number of hydrogen-bond donors (Lipinski definition) is 0. The van der Waals surface area contributed by atoms with Gasteiger partial charge < -0.3 is 14.2 Å². The number of amides is 2. The highest BCUT2D eigenvalue weighted by molar-refractivity contribution is 6.14. The molecule has 15 heteroatoms. The summed E-state index contributed by atoms with van der Waals surface area (Å²) in [4.78, 5) is 39.4. The SMILES string of the molecule is CC(C)(C)OC(=O)N(C(=O)OC(C)(C)C)c1ncnc2c1c(Oc1cc(C(F)(F)F)ccn1)nn2C1CCCC=C1F. The van der Waals surface area contributed by atoms with E-state index >= 15 is 0 Å². The third-order valence-corrected chi connectivity index (χ3v) is 5.70. The van der Waals surface area contributed by atoms with E-state index in [1.54, 1.807) is 41.5 Å². The molecule has 1 unspecified atom stereocenters. The van der Waals surface area contributed by atoms with E-state index in [4.69, 9.17) is 14.2 Å². The lowest BCUT2D eigenvalue weighted by atomic mass is 10.0. The molecule has 3 heterocycles. The fraction of sp³-hybridized carbons (Fsp3) is 0.481. The quantitative estimate of drug-likeness (QED) is 0.287. The molecule has 11 nitrogen and oxygen atoms in total. The first kappa shape index (κ1) is 30.7. The number of nitrogens with zero attached hydrogens (tertiary/aromatic N) is 6. The number of anilines is 1. The molecule has 4 rings (SSSR count). The molecule has 0 N–H and O–H groups in total. The van der Waals surface area contributed by atoms with Gasteiger partial charge in [-0.2, -0.15) is 18.1 Å². The maximum Gasteiger partial charge on any atom is 0.425 e. The average Bonchev–Trinajstić information content (AvgIpc) is 3.20. The molecule has 226 valence electrons. The Morgan fingerprint density at radius 3 is 2.21 bits per heavy atom. The van der Waals surface area contributed by atoms with Gasteiger partial charge >= 0.3 is 18.4 Å². The molecule has 2 amide bonds. The molecule has 0 spiro atoms. The van der Waals surface area contributed by atoms with E-state index in [0.717, 1.165) is 18.6 Å². The molecule has 0 bridgehead atoms. The molecule has 3 aromatic heterocycles. The van der Waals surface area contributed by atoms with E-state index in [1.165, 1.54) is 10.8 Å². The Morgan fingerprint density at radius 1 is 1.00 bits per heavy atom. The normalized spacial score (nSPS) is 16.1. The Hall–Kier alpha value is -4.30. The number of aromatic nitrogens is 5. The number of hydrogen-bond acceptors (Lipinski definition) is 9. The van der Waals surface area contributed by atoms with Gasteiger partial charge in [0, 0.05) is 12.3 Å². The van der Waals surface area contributed by atoms with Crippen molar-refractivity contribution < 1.29 is 41.4 Å². The summed E-state index contributed by atoms with van der Waals surface area (Å²) < 4.78 is 72.9. The smallest absolute Gasteiger partial charge is 0.425 e. The minimum atomic E-state index is -4.70. The van der Waals surface area contributed by atoms with Gasteiger partial charge in [-0.25, -0.2) is 33.6 Å². The van der Waals surface area contributed by atoms with Gasteiger partial charge in [-0.05, 0) is 66.9 Å². The lowest BCUT2D eigenvalue weighted by molar-refractivity contribution is -0.137. The topological polar surface area (TPSA) is 122 Å². The summed E-state index contributed by atoms with van der Waals surface area (Å²) in [6.07, 6.45) is -2.28. The van der Waals surface area contributed by atoms with Crippen LogP contribution < -0.4 is 9.64 Å². The average molecular weight is 595 g/mol. The van der Waals surface area contributed by atoms with E-state index < -0.39 is 64.6 Å². The number of halogens is 4. The van der Waals surface area contributed by atoms with Crippen LogP contribution in [0.15, 0.2) is 36.6 Å². The number of rotatable bonds is 4. The van der Waals surface area contributed by atoms with E-state index in [1.807, 2.05) is 0 Å². The van der Waals surface area contributed by atoms with Crippen LogP contribution in [-0.2, 0) is 15.7 Å². The number of pyridine rings is 1. The molecule has 0 saturated heterocycles. The Balaban J connectivity index is 1.95. The van der Waals surface area contributed by atoms with E-state index in [9.17, 15) is 27.2 Å². The third kappa shape index (κ3) is 6.94. The predicted octanol–water partition coefficient (Wildman–Crippen LogP) is 7.29. The van der Waals surface area contributed by atoms with E-state index in [0.29, 0.717) is 30.2 Å². The first-order valence-electron chi connectivity index (χ1n) is 13.0. The summed E-state index contributed by atoms with van der Waals surface area (Å²) in [6, 6.07) is 0.467. The second-order valence-electron chi connectivity index (χ2n) is 11.5. The van der Waals surface area contributed by atoms with Crippen LogP contribution >= 0.6 is 0 Å². The van der Waals surface area contributed by atoms with E-state index in [2.05, 4.69) is 20.1 Å². The van der Waals surface area contributed by atoms with Crippen molar-refractivity contribution in [2.24, 2.45) is 0 Å². The summed E-state index contributed by atoms with van der Waals surface area (Å²) in [5.74, 6) is -1.85. The zero-order chi connectivity index (χ0) is 31.0. The van der Waals surface area contributed by atoms with Crippen LogP contribution in [0.2, 0.25) is 0 Å². The van der Waals surface area contributed by atoms with Crippen LogP contribution in [0.4, 0.5) is 33.0 Å². The standard InChI is InChI=1S/C27H30F4N6O5/c1-25(2,3)41-23(38)36(24(39)42-26(4,5)6)20-19-21(34-14-33-20)37(17-10-8-7-9-16(17)28)35-22(19)40-18-13-15(11-12-32-18)27(29,30)31/h9,11-14,17H,7-8,10H2,1-6H3. The summed E-state index contributed by atoms with van der Waals surface area (Å²) >= 11 is 0. The highest BCUT2D eigenvalue weighted by Crippen LogP contribution is 2.40. The van der Waals surface area contributed by atoms with Crippen LogP contribution in [0.25, 0.3) is 11.0 Å². The number of carbonyl (C=O) groups is 2. The molecule has 0 fully saturated rings. The number of alkyl halides is 3. The van der Waals surface area contributed by atoms with Crippen LogP contribution in [0.1, 0.15) is 72.4 Å². The monoisotopic (exact) mass is 594 g/mol. The fourth-order valence-electron chi connectivity index (χ4n) is 4.05. The molecular weight excluding hydrogens is 564 g/mol. The van der Waals surface area contributed by atoms with Gasteiger partial charge in [-0.1, -0.05) is 6.08 Å². The maximum atomic E-state index is 15.0. The Morgan fingerprint density at radius 2 is 1.64 bits per heavy atom. The van der Waals surface area contributed by atoms with Crippen LogP contribution in [0.5, 0.6) is 11.8 Å². The van der Waals surface area contributed by atoms with Crippen molar-refractivity contribution in [3.05, 3.63) is 42.1 Å². The van der Waals surface area contributed by atoms with Gasteiger partial charge in [-0.3, -0.25) is 0 Å². The van der Waals surface area contributed by atoms with Crippen LogP contribution in [-0.4, -0.2) is 48.1 Å². The molecule has 0 aromatic carbocycles. The first-order chi connectivity index (χ1) is 19.4. The largest absolute Gasteiger partial charge is 0.443 e. The zero-order valence-electron chi connectivity index (χ0n) is 23.8. The van der Waals surface area contributed by atoms with Gasteiger partial charge in [0.1, 0.15) is 34.8 Å². The lowest BCUT2D eigenvalue weighted by Crippen LogP contribution is -2.44. The summed E-state index contributed by atoms with van der Waals surface area (Å²) in [5.41, 5.74) is -3.21. The molecule has 1 aliphatic carbocycles. The Labute approximate surface area is 238 Å². The number of fused-ring (bicyclic) bond motifs is 1. The van der Waals surface area contributed by atoms with Gasteiger partial charge in [-0.15, -0.1) is 5.10 Å². The maximum absolute atomic E-state index is 15.0. The predicted molar refractivity (Wildman–Crippen MR) is 142 cm³/mol. The minimum Gasteiger partial charge on any atom is -0.443 e. The van der Waals surface area contributed by atoms with Gasteiger partial charge in [0.05, 0.1) is 5.56 Å². The number of allylic oxidation sites excluding steroid dienone is 2. The lowest BCUT2D eigenvalue weighted by Gasteiger charge is -2.28. The molecule has 1 aliphatic rings. The van der Waals surface area contributed by atoms with E-state index in [-0.39, 0.29) is 11.0 Å². The molecule has 0 saturated carbocycles. The van der Waals surface area contributed by atoms with Crippen molar-refractivity contribution in [2.75, 3.05) is 4.90 Å². The minimum absolute atomic E-state index is 0.0606. The summed E-state index contributed by atoms with van der Waals surface area (Å²) in [6.45, 7) is 9.49. The van der Waals surface area contributed by atoms with Crippen molar-refractivity contribution in [3.63, 3.8) is 0 Å². The van der Waals surface area contributed by atoms with Crippen LogP contribution in [0, 0.1) is 0 Å². The third-order valence-electron chi connectivity index (χ3n) is 5.70. The molecule has 0 aliphatic heterocycles.